The fraction of sp³-hybridized carbons (Fsp3) is 0.333. The van der Waals surface area contributed by atoms with Crippen LogP contribution in [-0.2, 0) is 6.16 Å². The Morgan fingerprint density at radius 3 is 2.35 bits per heavy atom. The minimum atomic E-state index is 0.261. The van der Waals surface area contributed by atoms with Crippen LogP contribution in [0.1, 0.15) is 12.5 Å². The molecule has 2 rings (SSSR count). The number of likely N-dealkylation sites (N-methyl/N-ethyl adjacent to an activating group) is 1. The molecule has 0 bridgehead atoms. The zero-order valence-corrected chi connectivity index (χ0v) is 15.7. The minimum Gasteiger partial charge on any atom is -0.508 e. The number of phenolic OH excluding ortho intramolecular Hbond substituents is 1. The van der Waals surface area contributed by atoms with Gasteiger partial charge in [-0.2, -0.15) is 0 Å². The van der Waals surface area contributed by atoms with E-state index in [0.717, 1.165) is 35.4 Å². The third-order valence-electron chi connectivity index (χ3n) is 3.62. The number of benzene rings is 2. The summed E-state index contributed by atoms with van der Waals surface area (Å²) in [6.45, 7) is 6.84. The van der Waals surface area contributed by atoms with Crippen molar-refractivity contribution in [2.75, 3.05) is 31.3 Å². The van der Waals surface area contributed by atoms with E-state index < -0.39 is 0 Å². The van der Waals surface area contributed by atoms with Crippen molar-refractivity contribution < 1.29 is 9.84 Å². The van der Waals surface area contributed by atoms with E-state index >= 15 is 0 Å². The first-order valence-electron chi connectivity index (χ1n) is 7.88. The smallest absolute Gasteiger partial charge is 0.119 e. The Morgan fingerprint density at radius 2 is 1.74 bits per heavy atom. The highest BCUT2D eigenvalue weighted by molar-refractivity contribution is 8.11. The van der Waals surface area contributed by atoms with Gasteiger partial charge in [-0.1, -0.05) is 20.4 Å². The lowest BCUT2D eigenvalue weighted by Crippen LogP contribution is -2.28. The van der Waals surface area contributed by atoms with Gasteiger partial charge in [-0.3, -0.25) is 0 Å². The van der Waals surface area contributed by atoms with E-state index in [9.17, 15) is 5.11 Å². The van der Waals surface area contributed by atoms with Gasteiger partial charge in [0.2, 0.25) is 0 Å². The number of rotatable bonds is 9. The molecule has 0 fully saturated rings. The van der Waals surface area contributed by atoms with Crippen molar-refractivity contribution in [2.45, 2.75) is 13.1 Å². The third-order valence-corrected chi connectivity index (χ3v) is 6.15. The Balaban J connectivity index is 1.85. The van der Waals surface area contributed by atoms with E-state index in [1.165, 1.54) is 17.4 Å². The molecule has 0 amide bonds. The number of hydrogen-bond acceptors (Lipinski definition) is 3. The van der Waals surface area contributed by atoms with Crippen LogP contribution in [0.15, 0.2) is 48.5 Å². The predicted molar refractivity (Wildman–Crippen MR) is 104 cm³/mol. The van der Waals surface area contributed by atoms with Crippen LogP contribution < -0.4 is 9.64 Å². The maximum atomic E-state index is 9.27. The van der Waals surface area contributed by atoms with E-state index in [1.807, 2.05) is 0 Å². The molecule has 2 aromatic carbocycles. The lowest BCUT2D eigenvalue weighted by atomic mass is 10.2. The molecule has 2 unspecified atom stereocenters. The van der Waals surface area contributed by atoms with Crippen LogP contribution in [0.25, 0.3) is 0 Å². The largest absolute Gasteiger partial charge is 0.508 e. The summed E-state index contributed by atoms with van der Waals surface area (Å²) in [5.74, 6) is 1.05. The fourth-order valence-electron chi connectivity index (χ4n) is 2.30. The SMILES string of the molecule is CCN(CCOc1ccc(O)cc1)c1ccc(CPPC)cc1. The van der Waals surface area contributed by atoms with Crippen molar-refractivity contribution >= 4 is 22.2 Å². The van der Waals surface area contributed by atoms with Crippen LogP contribution in [0.2, 0.25) is 0 Å². The van der Waals surface area contributed by atoms with Gasteiger partial charge in [-0.15, -0.1) is 8.27 Å². The monoisotopic (exact) mass is 349 g/mol. The van der Waals surface area contributed by atoms with Crippen LogP contribution in [0.3, 0.4) is 0 Å². The van der Waals surface area contributed by atoms with Gasteiger partial charge in [0.05, 0.1) is 6.54 Å². The zero-order chi connectivity index (χ0) is 16.5. The van der Waals surface area contributed by atoms with E-state index in [2.05, 4.69) is 42.8 Å². The van der Waals surface area contributed by atoms with Crippen molar-refractivity contribution in [1.29, 1.82) is 0 Å². The van der Waals surface area contributed by atoms with E-state index in [0.29, 0.717) is 6.61 Å². The molecule has 5 heteroatoms. The topological polar surface area (TPSA) is 32.7 Å². The normalized spacial score (nSPS) is 11.6. The van der Waals surface area contributed by atoms with Gasteiger partial charge < -0.3 is 14.7 Å². The van der Waals surface area contributed by atoms with Gasteiger partial charge in [-0.05, 0) is 61.7 Å². The van der Waals surface area contributed by atoms with Crippen molar-refractivity contribution in [2.24, 2.45) is 0 Å². The molecule has 0 heterocycles. The summed E-state index contributed by atoms with van der Waals surface area (Å²) in [6, 6.07) is 15.8. The number of anilines is 1. The Labute approximate surface area is 142 Å². The molecule has 0 aliphatic rings. The molecular formula is C18H25NO2P2. The summed E-state index contributed by atoms with van der Waals surface area (Å²) < 4.78 is 5.74. The Morgan fingerprint density at radius 1 is 1.04 bits per heavy atom. The molecule has 0 aromatic heterocycles. The first kappa shape index (κ1) is 18.0. The molecule has 1 N–H and O–H groups in total. The van der Waals surface area contributed by atoms with E-state index in [4.69, 9.17) is 4.74 Å². The number of ether oxygens (including phenoxy) is 1. The second-order valence-corrected chi connectivity index (χ2v) is 8.96. The van der Waals surface area contributed by atoms with Crippen LogP contribution >= 0.6 is 16.5 Å². The van der Waals surface area contributed by atoms with Crippen LogP contribution in [0, 0.1) is 0 Å². The Bertz CT molecular complexity index is 573. The molecule has 0 saturated heterocycles. The van der Waals surface area contributed by atoms with Gasteiger partial charge in [0, 0.05) is 12.2 Å². The second-order valence-electron chi connectivity index (χ2n) is 5.19. The van der Waals surface area contributed by atoms with Crippen molar-refractivity contribution in [1.82, 2.24) is 0 Å². The molecule has 2 aromatic rings. The standard InChI is InChI=1S/C18H25NO2P2/c1-3-19(12-13-21-18-10-8-17(20)9-11-18)16-6-4-15(5-7-16)14-23-22-2/h4-11,20,22-23H,3,12-14H2,1-2H3. The van der Waals surface area contributed by atoms with E-state index in [-0.39, 0.29) is 5.75 Å². The maximum absolute atomic E-state index is 9.27. The summed E-state index contributed by atoms with van der Waals surface area (Å²) >= 11 is 0. The van der Waals surface area contributed by atoms with Crippen LogP contribution in [0.4, 0.5) is 5.69 Å². The molecule has 0 spiro atoms. The summed E-state index contributed by atoms with van der Waals surface area (Å²) in [7, 11) is 2.09. The van der Waals surface area contributed by atoms with Gasteiger partial charge >= 0.3 is 0 Å². The second kappa shape index (κ2) is 9.75. The Kier molecular flexibility index (Phi) is 7.65. The molecule has 3 nitrogen and oxygen atoms in total. The molecule has 23 heavy (non-hydrogen) atoms. The van der Waals surface area contributed by atoms with E-state index in [1.54, 1.807) is 24.3 Å². The lowest BCUT2D eigenvalue weighted by Gasteiger charge is -2.23. The number of nitrogens with zero attached hydrogens (tertiary/aromatic N) is 1. The average Bonchev–Trinajstić information content (AvgIpc) is 2.59. The van der Waals surface area contributed by atoms with Gasteiger partial charge in [-0.25, -0.2) is 0 Å². The number of aromatic hydroxyl groups is 1. The zero-order valence-electron chi connectivity index (χ0n) is 13.7. The molecule has 0 radical (unpaired) electrons. The first-order chi connectivity index (χ1) is 11.2. The summed E-state index contributed by atoms with van der Waals surface area (Å²) in [5.41, 5.74) is 2.67. The molecule has 0 aliphatic carbocycles. The number of hydrogen-bond donors (Lipinski definition) is 1. The quantitative estimate of drug-likeness (QED) is 0.666. The summed E-state index contributed by atoms with van der Waals surface area (Å²) in [6.07, 6.45) is 1.20. The minimum absolute atomic E-state index is 0.261. The molecule has 124 valence electrons. The average molecular weight is 349 g/mol. The fourth-order valence-corrected chi connectivity index (χ4v) is 4.06. The maximum Gasteiger partial charge on any atom is 0.119 e. The highest BCUT2D eigenvalue weighted by Crippen LogP contribution is 2.36. The molecule has 0 saturated carbocycles. The van der Waals surface area contributed by atoms with Gasteiger partial charge in [0.15, 0.2) is 0 Å². The number of phenols is 1. The summed E-state index contributed by atoms with van der Waals surface area (Å²) in [4.78, 5) is 2.31. The summed E-state index contributed by atoms with van der Waals surface area (Å²) in [5, 5.41) is 9.27. The van der Waals surface area contributed by atoms with Crippen LogP contribution in [-0.4, -0.2) is 31.5 Å². The third kappa shape index (κ3) is 6.01. The van der Waals surface area contributed by atoms with Crippen molar-refractivity contribution in [3.63, 3.8) is 0 Å². The molecule has 2 atom stereocenters. The lowest BCUT2D eigenvalue weighted by molar-refractivity contribution is 0.323. The highest BCUT2D eigenvalue weighted by Gasteiger charge is 2.05. The van der Waals surface area contributed by atoms with Crippen molar-refractivity contribution in [3.05, 3.63) is 54.1 Å². The van der Waals surface area contributed by atoms with Gasteiger partial charge in [0.25, 0.3) is 0 Å². The predicted octanol–water partition coefficient (Wildman–Crippen LogP) is 4.70. The molecule has 0 aliphatic heterocycles. The van der Waals surface area contributed by atoms with Gasteiger partial charge in [0.1, 0.15) is 18.1 Å². The van der Waals surface area contributed by atoms with Crippen molar-refractivity contribution in [3.8, 4) is 11.5 Å². The first-order valence-corrected chi connectivity index (χ1v) is 11.6. The van der Waals surface area contributed by atoms with Crippen LogP contribution in [0.5, 0.6) is 11.5 Å². The highest BCUT2D eigenvalue weighted by atomic mass is 32.0. The molecular weight excluding hydrogens is 324 g/mol. The Hall–Kier alpha value is -1.30.